The lowest BCUT2D eigenvalue weighted by molar-refractivity contribution is 0.0948. The van der Waals surface area contributed by atoms with Crippen molar-refractivity contribution in [3.63, 3.8) is 0 Å². The van der Waals surface area contributed by atoms with Crippen LogP contribution in [0.25, 0.3) is 0 Å². The van der Waals surface area contributed by atoms with Gasteiger partial charge in [0.15, 0.2) is 0 Å². The summed E-state index contributed by atoms with van der Waals surface area (Å²) in [5, 5.41) is 6.55. The number of hydrogen-bond acceptors (Lipinski definition) is 4. The number of amides is 1. The van der Waals surface area contributed by atoms with Gasteiger partial charge in [-0.05, 0) is 44.0 Å². The number of halogens is 1. The fourth-order valence-electron chi connectivity index (χ4n) is 1.87. The van der Waals surface area contributed by atoms with Crippen molar-refractivity contribution in [2.24, 2.45) is 0 Å². The molecule has 0 aliphatic heterocycles. The van der Waals surface area contributed by atoms with Crippen molar-refractivity contribution in [3.05, 3.63) is 46.2 Å². The molecule has 0 bridgehead atoms. The molecule has 2 aromatic rings. The Balaban J connectivity index is 2.22. The molecule has 22 heavy (non-hydrogen) atoms. The zero-order valence-corrected chi connectivity index (χ0v) is 13.7. The first-order valence-electron chi connectivity index (χ1n) is 7.16. The van der Waals surface area contributed by atoms with E-state index in [-0.39, 0.29) is 5.91 Å². The van der Waals surface area contributed by atoms with Crippen LogP contribution in [0.3, 0.4) is 0 Å². The van der Waals surface area contributed by atoms with E-state index in [1.165, 1.54) is 0 Å². The maximum atomic E-state index is 12.0. The Labute approximate surface area is 135 Å². The SMILES string of the molecule is CCCNC(=O)c1cc(C)nc(Nc2ccc(C)c(Cl)c2)n1. The van der Waals surface area contributed by atoms with Crippen LogP contribution in [0.4, 0.5) is 11.6 Å². The second-order valence-electron chi connectivity index (χ2n) is 5.06. The molecule has 0 aliphatic carbocycles. The van der Waals surface area contributed by atoms with Gasteiger partial charge in [0, 0.05) is 22.9 Å². The van der Waals surface area contributed by atoms with Crippen LogP contribution in [-0.4, -0.2) is 22.4 Å². The maximum Gasteiger partial charge on any atom is 0.270 e. The van der Waals surface area contributed by atoms with E-state index < -0.39 is 0 Å². The molecule has 0 radical (unpaired) electrons. The molecule has 0 saturated carbocycles. The zero-order chi connectivity index (χ0) is 16.1. The third-order valence-electron chi connectivity index (χ3n) is 3.05. The van der Waals surface area contributed by atoms with Crippen molar-refractivity contribution in [2.45, 2.75) is 27.2 Å². The minimum absolute atomic E-state index is 0.197. The zero-order valence-electron chi connectivity index (χ0n) is 12.9. The summed E-state index contributed by atoms with van der Waals surface area (Å²) < 4.78 is 0. The highest BCUT2D eigenvalue weighted by Crippen LogP contribution is 2.22. The minimum atomic E-state index is -0.197. The molecular weight excluding hydrogens is 300 g/mol. The molecule has 2 rings (SSSR count). The van der Waals surface area contributed by atoms with Crippen LogP contribution >= 0.6 is 11.6 Å². The summed E-state index contributed by atoms with van der Waals surface area (Å²) in [7, 11) is 0. The van der Waals surface area contributed by atoms with Gasteiger partial charge < -0.3 is 10.6 Å². The van der Waals surface area contributed by atoms with Gasteiger partial charge in [-0.25, -0.2) is 9.97 Å². The van der Waals surface area contributed by atoms with E-state index in [0.717, 1.165) is 23.4 Å². The van der Waals surface area contributed by atoms with Gasteiger partial charge in [-0.2, -0.15) is 0 Å². The second kappa shape index (κ2) is 7.22. The molecule has 0 saturated heterocycles. The Bertz CT molecular complexity index is 688. The number of benzene rings is 1. The topological polar surface area (TPSA) is 66.9 Å². The minimum Gasteiger partial charge on any atom is -0.351 e. The van der Waals surface area contributed by atoms with Crippen LogP contribution in [0.2, 0.25) is 5.02 Å². The average molecular weight is 319 g/mol. The van der Waals surface area contributed by atoms with Crippen molar-refractivity contribution in [2.75, 3.05) is 11.9 Å². The van der Waals surface area contributed by atoms with Gasteiger partial charge in [0.1, 0.15) is 5.69 Å². The lowest BCUT2D eigenvalue weighted by atomic mass is 10.2. The van der Waals surface area contributed by atoms with Crippen LogP contribution in [0.5, 0.6) is 0 Å². The first kappa shape index (κ1) is 16.2. The van der Waals surface area contributed by atoms with Gasteiger partial charge in [-0.1, -0.05) is 24.6 Å². The van der Waals surface area contributed by atoms with E-state index in [2.05, 4.69) is 20.6 Å². The van der Waals surface area contributed by atoms with Crippen LogP contribution in [0, 0.1) is 13.8 Å². The van der Waals surface area contributed by atoms with Crippen molar-refractivity contribution in [1.82, 2.24) is 15.3 Å². The number of nitrogens with one attached hydrogen (secondary N) is 2. The van der Waals surface area contributed by atoms with Gasteiger partial charge in [0.25, 0.3) is 5.91 Å². The monoisotopic (exact) mass is 318 g/mol. The molecule has 1 aromatic carbocycles. The predicted molar refractivity (Wildman–Crippen MR) is 88.9 cm³/mol. The van der Waals surface area contributed by atoms with Crippen LogP contribution in [0.1, 0.15) is 35.1 Å². The Morgan fingerprint density at radius 1 is 1.23 bits per heavy atom. The molecule has 1 heterocycles. The maximum absolute atomic E-state index is 12.0. The smallest absolute Gasteiger partial charge is 0.270 e. The molecule has 1 amide bonds. The Kier molecular flexibility index (Phi) is 5.33. The van der Waals surface area contributed by atoms with E-state index >= 15 is 0 Å². The van der Waals surface area contributed by atoms with Crippen LogP contribution in [-0.2, 0) is 0 Å². The highest BCUT2D eigenvalue weighted by molar-refractivity contribution is 6.31. The fraction of sp³-hybridized carbons (Fsp3) is 0.312. The van der Waals surface area contributed by atoms with Gasteiger partial charge in [-0.3, -0.25) is 4.79 Å². The molecule has 0 spiro atoms. The lowest BCUT2D eigenvalue weighted by Crippen LogP contribution is -2.25. The first-order valence-corrected chi connectivity index (χ1v) is 7.54. The summed E-state index contributed by atoms with van der Waals surface area (Å²) in [6.45, 7) is 6.38. The Morgan fingerprint density at radius 2 is 2.00 bits per heavy atom. The summed E-state index contributed by atoms with van der Waals surface area (Å²) >= 11 is 6.11. The molecular formula is C16H19ClN4O. The molecule has 5 nitrogen and oxygen atoms in total. The van der Waals surface area contributed by atoms with Crippen LogP contribution < -0.4 is 10.6 Å². The van der Waals surface area contributed by atoms with E-state index in [4.69, 9.17) is 11.6 Å². The first-order chi connectivity index (χ1) is 10.5. The number of aromatic nitrogens is 2. The fourth-order valence-corrected chi connectivity index (χ4v) is 2.05. The van der Waals surface area contributed by atoms with E-state index in [1.54, 1.807) is 12.1 Å². The summed E-state index contributed by atoms with van der Waals surface area (Å²) in [4.78, 5) is 20.6. The Morgan fingerprint density at radius 3 is 2.68 bits per heavy atom. The van der Waals surface area contributed by atoms with Crippen molar-refractivity contribution in [3.8, 4) is 0 Å². The molecule has 0 aliphatic rings. The second-order valence-corrected chi connectivity index (χ2v) is 5.47. The predicted octanol–water partition coefficient (Wildman–Crippen LogP) is 3.63. The van der Waals surface area contributed by atoms with Crippen molar-refractivity contribution < 1.29 is 4.79 Å². The lowest BCUT2D eigenvalue weighted by Gasteiger charge is -2.09. The highest BCUT2D eigenvalue weighted by atomic mass is 35.5. The van der Waals surface area contributed by atoms with E-state index in [0.29, 0.717) is 23.2 Å². The standard InChI is InChI=1S/C16H19ClN4O/c1-4-7-18-15(22)14-8-11(3)19-16(21-14)20-12-6-5-10(2)13(17)9-12/h5-6,8-9H,4,7H2,1-3H3,(H,18,22)(H,19,20,21). The largest absolute Gasteiger partial charge is 0.351 e. The van der Waals surface area contributed by atoms with Crippen molar-refractivity contribution in [1.29, 1.82) is 0 Å². The van der Waals surface area contributed by atoms with E-state index in [9.17, 15) is 4.79 Å². The highest BCUT2D eigenvalue weighted by Gasteiger charge is 2.10. The number of nitrogens with zero attached hydrogens (tertiary/aromatic N) is 2. The molecule has 6 heteroatoms. The molecule has 0 atom stereocenters. The van der Waals surface area contributed by atoms with Crippen LogP contribution in [0.15, 0.2) is 24.3 Å². The number of carbonyl (C=O) groups is 1. The van der Waals surface area contributed by atoms with Gasteiger partial charge in [0.05, 0.1) is 0 Å². The Hall–Kier alpha value is -2.14. The summed E-state index contributed by atoms with van der Waals surface area (Å²) in [5.74, 6) is 0.180. The molecule has 0 fully saturated rings. The summed E-state index contributed by atoms with van der Waals surface area (Å²) in [6.07, 6.45) is 0.878. The van der Waals surface area contributed by atoms with Crippen molar-refractivity contribution >= 4 is 29.1 Å². The number of anilines is 2. The number of rotatable bonds is 5. The summed E-state index contributed by atoms with van der Waals surface area (Å²) in [5.41, 5.74) is 2.84. The molecule has 2 N–H and O–H groups in total. The third-order valence-corrected chi connectivity index (χ3v) is 3.46. The summed E-state index contributed by atoms with van der Waals surface area (Å²) in [6, 6.07) is 7.27. The van der Waals surface area contributed by atoms with Gasteiger partial charge >= 0.3 is 0 Å². The van der Waals surface area contributed by atoms with Gasteiger partial charge in [0.2, 0.25) is 5.95 Å². The quantitative estimate of drug-likeness (QED) is 0.883. The number of aryl methyl sites for hydroxylation is 2. The molecule has 116 valence electrons. The normalized spacial score (nSPS) is 10.4. The number of carbonyl (C=O) groups excluding carboxylic acids is 1. The molecule has 1 aromatic heterocycles. The van der Waals surface area contributed by atoms with E-state index in [1.807, 2.05) is 32.9 Å². The average Bonchev–Trinajstić information content (AvgIpc) is 2.48. The third kappa shape index (κ3) is 4.18. The number of hydrogen-bond donors (Lipinski definition) is 2. The molecule has 0 unspecified atom stereocenters. The van der Waals surface area contributed by atoms with Gasteiger partial charge in [-0.15, -0.1) is 0 Å².